The van der Waals surface area contributed by atoms with E-state index in [0.717, 1.165) is 6.08 Å². The Morgan fingerprint density at radius 2 is 2.40 bits per heavy atom. The number of carboxylic acids is 1. The summed E-state index contributed by atoms with van der Waals surface area (Å²) in [5.41, 5.74) is -0.0509. The van der Waals surface area contributed by atoms with Crippen LogP contribution in [0.15, 0.2) is 11.6 Å². The van der Waals surface area contributed by atoms with Gasteiger partial charge in [-0.05, 0) is 0 Å². The Morgan fingerprint density at radius 1 is 1.80 bits per heavy atom. The number of terminal acetylenes is 1. The van der Waals surface area contributed by atoms with E-state index in [4.69, 9.17) is 16.8 Å². The van der Waals surface area contributed by atoms with Crippen molar-refractivity contribution in [2.24, 2.45) is 0 Å². The summed E-state index contributed by atoms with van der Waals surface area (Å²) in [6.07, 6.45) is 5.76. The van der Waals surface area contributed by atoms with Crippen molar-refractivity contribution in [2.75, 3.05) is 0 Å². The van der Waals surface area contributed by atoms with Crippen molar-refractivity contribution in [2.45, 2.75) is 6.42 Å². The van der Waals surface area contributed by atoms with E-state index in [1.807, 2.05) is 0 Å². The van der Waals surface area contributed by atoms with Crippen molar-refractivity contribution in [3.63, 3.8) is 0 Å². The lowest BCUT2D eigenvalue weighted by atomic mass is 10.2. The van der Waals surface area contributed by atoms with Crippen LogP contribution in [0.4, 0.5) is 0 Å². The molecule has 0 fully saturated rings. The van der Waals surface area contributed by atoms with Gasteiger partial charge in [-0.25, -0.2) is 4.79 Å². The average molecular weight is 135 g/mol. The molecule has 3 heteroatoms. The van der Waals surface area contributed by atoms with Crippen molar-refractivity contribution in [1.82, 2.24) is 0 Å². The Balaban J connectivity index is 4.34. The molecule has 0 saturated heterocycles. The Labute approximate surface area is 58.6 Å². The van der Waals surface area contributed by atoms with Crippen molar-refractivity contribution < 1.29 is 9.90 Å². The molecule has 0 radical (unpaired) electrons. The molecule has 0 aliphatic rings. The second-order valence-electron chi connectivity index (χ2n) is 1.48. The van der Waals surface area contributed by atoms with Gasteiger partial charge in [-0.15, -0.1) is 12.3 Å². The standard InChI is InChI=1S/C7H5NO2/c1-2-3-6(4-5-8)7(9)10/h1,4H,3H2,(H,9,10)/b6-4-. The van der Waals surface area contributed by atoms with Crippen molar-refractivity contribution in [3.05, 3.63) is 11.6 Å². The molecular formula is C7H5NO2. The van der Waals surface area contributed by atoms with E-state index >= 15 is 0 Å². The fourth-order valence-electron chi connectivity index (χ4n) is 0.376. The van der Waals surface area contributed by atoms with Crippen LogP contribution in [-0.4, -0.2) is 11.1 Å². The third kappa shape index (κ3) is 2.54. The summed E-state index contributed by atoms with van der Waals surface area (Å²) in [5.74, 6) is 0.994. The first-order valence-corrected chi connectivity index (χ1v) is 2.47. The van der Waals surface area contributed by atoms with Gasteiger partial charge in [-0.1, -0.05) is 0 Å². The van der Waals surface area contributed by atoms with Gasteiger partial charge >= 0.3 is 5.97 Å². The lowest BCUT2D eigenvalue weighted by Gasteiger charge is -1.89. The Bertz CT molecular complexity index is 239. The van der Waals surface area contributed by atoms with Gasteiger partial charge in [0.25, 0.3) is 0 Å². The summed E-state index contributed by atoms with van der Waals surface area (Å²) in [6.45, 7) is 0. The van der Waals surface area contributed by atoms with Crippen molar-refractivity contribution in [3.8, 4) is 18.4 Å². The Kier molecular flexibility index (Phi) is 3.44. The van der Waals surface area contributed by atoms with E-state index in [0.29, 0.717) is 0 Å². The summed E-state index contributed by atoms with van der Waals surface area (Å²) in [7, 11) is 0. The van der Waals surface area contributed by atoms with Gasteiger partial charge in [0.05, 0.1) is 11.6 Å². The minimum atomic E-state index is -1.14. The molecule has 10 heavy (non-hydrogen) atoms. The molecule has 0 unspecified atom stereocenters. The van der Waals surface area contributed by atoms with E-state index in [2.05, 4.69) is 5.92 Å². The van der Waals surface area contributed by atoms with Gasteiger partial charge in [-0.2, -0.15) is 5.26 Å². The maximum absolute atomic E-state index is 10.2. The van der Waals surface area contributed by atoms with Crippen LogP contribution in [0.25, 0.3) is 0 Å². The summed E-state index contributed by atoms with van der Waals surface area (Å²) in [4.78, 5) is 10.2. The summed E-state index contributed by atoms with van der Waals surface area (Å²) < 4.78 is 0. The quantitative estimate of drug-likeness (QED) is 0.341. The summed E-state index contributed by atoms with van der Waals surface area (Å²) in [5, 5.41) is 16.4. The molecule has 0 aliphatic carbocycles. The van der Waals surface area contributed by atoms with Gasteiger partial charge in [0, 0.05) is 12.5 Å². The highest BCUT2D eigenvalue weighted by atomic mass is 16.4. The number of nitrogens with zero attached hydrogens (tertiary/aromatic N) is 1. The van der Waals surface area contributed by atoms with Gasteiger partial charge in [0.15, 0.2) is 0 Å². The second kappa shape index (κ2) is 4.17. The Hall–Kier alpha value is -1.74. The molecule has 0 bridgehead atoms. The van der Waals surface area contributed by atoms with Crippen LogP contribution < -0.4 is 0 Å². The zero-order valence-corrected chi connectivity index (χ0v) is 5.16. The first-order valence-electron chi connectivity index (χ1n) is 2.47. The van der Waals surface area contributed by atoms with Crippen LogP contribution in [0.5, 0.6) is 0 Å². The summed E-state index contributed by atoms with van der Waals surface area (Å²) in [6, 6.07) is 1.60. The molecule has 0 rings (SSSR count). The van der Waals surface area contributed by atoms with Gasteiger partial charge in [-0.3, -0.25) is 0 Å². The summed E-state index contributed by atoms with van der Waals surface area (Å²) >= 11 is 0. The largest absolute Gasteiger partial charge is 0.478 e. The molecular weight excluding hydrogens is 130 g/mol. The Morgan fingerprint density at radius 3 is 2.70 bits per heavy atom. The zero-order valence-electron chi connectivity index (χ0n) is 5.16. The lowest BCUT2D eigenvalue weighted by molar-refractivity contribution is -0.132. The average Bonchev–Trinajstić information content (AvgIpc) is 1.87. The van der Waals surface area contributed by atoms with E-state index in [9.17, 15) is 4.79 Å². The number of aliphatic carboxylic acids is 1. The second-order valence-corrected chi connectivity index (χ2v) is 1.48. The highest BCUT2D eigenvalue weighted by molar-refractivity contribution is 5.87. The maximum Gasteiger partial charge on any atom is 0.333 e. The number of carbonyl (C=O) groups is 1. The van der Waals surface area contributed by atoms with E-state index < -0.39 is 5.97 Å². The number of hydrogen-bond acceptors (Lipinski definition) is 2. The van der Waals surface area contributed by atoms with Gasteiger partial charge in [0.1, 0.15) is 0 Å². The smallest absolute Gasteiger partial charge is 0.333 e. The predicted octanol–water partition coefficient (Wildman–Crippen LogP) is 0.544. The van der Waals surface area contributed by atoms with Gasteiger partial charge in [0.2, 0.25) is 0 Å². The topological polar surface area (TPSA) is 61.1 Å². The van der Waals surface area contributed by atoms with E-state index in [1.165, 1.54) is 0 Å². The normalized spacial score (nSPS) is 9.60. The molecule has 3 nitrogen and oxygen atoms in total. The molecule has 0 aromatic rings. The minimum absolute atomic E-state index is 0.0110. The molecule has 0 spiro atoms. The number of hydrogen-bond donors (Lipinski definition) is 1. The third-order valence-electron chi connectivity index (χ3n) is 0.806. The van der Waals surface area contributed by atoms with Crippen LogP contribution in [-0.2, 0) is 4.79 Å². The fraction of sp³-hybridized carbons (Fsp3) is 0.143. The fourth-order valence-corrected chi connectivity index (χ4v) is 0.376. The van der Waals surface area contributed by atoms with Crippen molar-refractivity contribution in [1.29, 1.82) is 5.26 Å². The predicted molar refractivity (Wildman–Crippen MR) is 34.8 cm³/mol. The van der Waals surface area contributed by atoms with Crippen LogP contribution >= 0.6 is 0 Å². The zero-order chi connectivity index (χ0) is 7.98. The monoisotopic (exact) mass is 135 g/mol. The van der Waals surface area contributed by atoms with Crippen LogP contribution in [0, 0.1) is 23.7 Å². The van der Waals surface area contributed by atoms with Gasteiger partial charge < -0.3 is 5.11 Å². The molecule has 0 aromatic heterocycles. The number of nitriles is 1. The van der Waals surface area contributed by atoms with Crippen LogP contribution in [0.1, 0.15) is 6.42 Å². The lowest BCUT2D eigenvalue weighted by Crippen LogP contribution is -1.98. The maximum atomic E-state index is 10.2. The molecule has 0 amide bonds. The van der Waals surface area contributed by atoms with E-state index in [-0.39, 0.29) is 12.0 Å². The highest BCUT2D eigenvalue weighted by Crippen LogP contribution is 1.98. The van der Waals surface area contributed by atoms with Crippen molar-refractivity contribution >= 4 is 5.97 Å². The number of carboxylic acid groups (broad SMARTS) is 1. The molecule has 50 valence electrons. The third-order valence-corrected chi connectivity index (χ3v) is 0.806. The molecule has 0 aromatic carbocycles. The number of allylic oxidation sites excluding steroid dienone is 1. The number of rotatable bonds is 2. The SMILES string of the molecule is C#CC/C(=C/C#N)C(=O)O. The molecule has 0 heterocycles. The molecule has 0 atom stereocenters. The van der Waals surface area contributed by atoms with Crippen LogP contribution in [0.2, 0.25) is 0 Å². The molecule has 0 aliphatic heterocycles. The van der Waals surface area contributed by atoms with Crippen LogP contribution in [0.3, 0.4) is 0 Å². The molecule has 1 N–H and O–H groups in total. The minimum Gasteiger partial charge on any atom is -0.478 e. The van der Waals surface area contributed by atoms with E-state index in [1.54, 1.807) is 6.07 Å². The highest BCUT2D eigenvalue weighted by Gasteiger charge is 2.03. The first kappa shape index (κ1) is 8.26. The molecule has 0 saturated carbocycles. The first-order chi connectivity index (χ1) is 4.72.